The van der Waals surface area contributed by atoms with Crippen molar-refractivity contribution in [2.24, 2.45) is 0 Å². The van der Waals surface area contributed by atoms with E-state index in [0.717, 1.165) is 28.1 Å². The van der Waals surface area contributed by atoms with Gasteiger partial charge in [-0.25, -0.2) is 4.79 Å². The lowest BCUT2D eigenvalue weighted by Gasteiger charge is -2.08. The minimum Gasteiger partial charge on any atom is -0.463 e. The minimum absolute atomic E-state index is 0.187. The summed E-state index contributed by atoms with van der Waals surface area (Å²) in [6, 6.07) is 20.2. The molecule has 4 aromatic rings. The number of hydrogen-bond donors (Lipinski definition) is 0. The number of aryl methyl sites for hydroxylation is 2. The van der Waals surface area contributed by atoms with Crippen LogP contribution in [0.1, 0.15) is 33.0 Å². The van der Waals surface area contributed by atoms with Gasteiger partial charge in [0.05, 0.1) is 25.0 Å². The molecule has 5 nitrogen and oxygen atoms in total. The molecule has 5 heteroatoms. The van der Waals surface area contributed by atoms with Gasteiger partial charge in [-0.1, -0.05) is 59.7 Å². The summed E-state index contributed by atoms with van der Waals surface area (Å²) >= 11 is 0. The van der Waals surface area contributed by atoms with Crippen LogP contribution in [-0.2, 0) is 11.3 Å². The number of aromatic nitrogens is 2. The van der Waals surface area contributed by atoms with Crippen molar-refractivity contribution in [3.05, 3.63) is 88.9 Å². The van der Waals surface area contributed by atoms with E-state index in [9.17, 15) is 4.79 Å². The predicted molar refractivity (Wildman–Crippen MR) is 116 cm³/mol. The van der Waals surface area contributed by atoms with Crippen molar-refractivity contribution < 1.29 is 13.9 Å². The van der Waals surface area contributed by atoms with Crippen LogP contribution in [0.15, 0.2) is 65.1 Å². The summed E-state index contributed by atoms with van der Waals surface area (Å²) in [6.45, 7) is 6.65. The first kappa shape index (κ1) is 19.7. The highest BCUT2D eigenvalue weighted by Gasteiger charge is 2.19. The molecule has 0 atom stereocenters. The third kappa shape index (κ3) is 3.79. The third-order valence-electron chi connectivity index (χ3n) is 5.19. The molecule has 0 amide bonds. The predicted octanol–water partition coefficient (Wildman–Crippen LogP) is 5.57. The van der Waals surface area contributed by atoms with Crippen LogP contribution in [0, 0.1) is 20.8 Å². The van der Waals surface area contributed by atoms with Crippen LogP contribution < -0.4 is 0 Å². The standard InChI is InChI=1S/C25H24N2O3/c1-16-5-9-19(10-6-16)23-18(3)24(20-11-7-17(2)8-12-20)27(26-23)15-21-13-14-22(30-21)25(28)29-4/h5-14H,15H2,1-4H3. The third-order valence-corrected chi connectivity index (χ3v) is 5.19. The molecule has 0 saturated carbocycles. The first-order valence-corrected chi connectivity index (χ1v) is 9.85. The zero-order valence-electron chi connectivity index (χ0n) is 17.6. The van der Waals surface area contributed by atoms with E-state index in [2.05, 4.69) is 69.3 Å². The Kier molecular flexibility index (Phi) is 5.27. The van der Waals surface area contributed by atoms with Gasteiger partial charge in [-0.05, 0) is 32.9 Å². The fraction of sp³-hybridized carbons (Fsp3) is 0.200. The van der Waals surface area contributed by atoms with Crippen LogP contribution in [0.25, 0.3) is 22.5 Å². The van der Waals surface area contributed by atoms with Crippen LogP contribution >= 0.6 is 0 Å². The van der Waals surface area contributed by atoms with Gasteiger partial charge in [-0.3, -0.25) is 4.68 Å². The highest BCUT2D eigenvalue weighted by atomic mass is 16.5. The molecule has 4 rings (SSSR count). The van der Waals surface area contributed by atoms with E-state index in [-0.39, 0.29) is 5.76 Å². The molecule has 0 aliphatic heterocycles. The number of benzene rings is 2. The molecular formula is C25H24N2O3. The van der Waals surface area contributed by atoms with Crippen LogP contribution in [-0.4, -0.2) is 22.9 Å². The summed E-state index contributed by atoms with van der Waals surface area (Å²) in [5.41, 5.74) is 7.63. The number of methoxy groups -OCH3 is 1. The molecular weight excluding hydrogens is 376 g/mol. The molecule has 0 fully saturated rings. The smallest absolute Gasteiger partial charge is 0.373 e. The van der Waals surface area contributed by atoms with Crippen molar-refractivity contribution in [2.45, 2.75) is 27.3 Å². The van der Waals surface area contributed by atoms with Gasteiger partial charge in [0.2, 0.25) is 5.76 Å². The second kappa shape index (κ2) is 8.03. The fourth-order valence-corrected chi connectivity index (χ4v) is 3.55. The molecule has 30 heavy (non-hydrogen) atoms. The Bertz CT molecular complexity index is 1180. The van der Waals surface area contributed by atoms with Gasteiger partial charge < -0.3 is 9.15 Å². The molecule has 0 saturated heterocycles. The molecule has 0 bridgehead atoms. The monoisotopic (exact) mass is 400 g/mol. The molecule has 0 N–H and O–H groups in total. The quantitative estimate of drug-likeness (QED) is 0.411. The normalized spacial score (nSPS) is 10.9. The lowest BCUT2D eigenvalue weighted by Crippen LogP contribution is -2.04. The molecule has 2 heterocycles. The van der Waals surface area contributed by atoms with Crippen molar-refractivity contribution in [3.8, 4) is 22.5 Å². The Hall–Kier alpha value is -3.60. The lowest BCUT2D eigenvalue weighted by molar-refractivity contribution is 0.0563. The summed E-state index contributed by atoms with van der Waals surface area (Å²) in [7, 11) is 1.34. The SMILES string of the molecule is COC(=O)c1ccc(Cn2nc(-c3ccc(C)cc3)c(C)c2-c2ccc(C)cc2)o1. The second-order valence-corrected chi connectivity index (χ2v) is 7.47. The zero-order valence-corrected chi connectivity index (χ0v) is 17.6. The number of rotatable bonds is 5. The number of carbonyl (C=O) groups excluding carboxylic acids is 1. The maximum absolute atomic E-state index is 11.7. The maximum atomic E-state index is 11.7. The number of carbonyl (C=O) groups is 1. The Balaban J connectivity index is 1.80. The van der Waals surface area contributed by atoms with E-state index in [1.54, 1.807) is 12.1 Å². The molecule has 0 aliphatic carbocycles. The van der Waals surface area contributed by atoms with Crippen molar-refractivity contribution in [2.75, 3.05) is 7.11 Å². The van der Waals surface area contributed by atoms with Crippen LogP contribution in [0.2, 0.25) is 0 Å². The van der Waals surface area contributed by atoms with Crippen LogP contribution in [0.5, 0.6) is 0 Å². The average molecular weight is 400 g/mol. The number of esters is 1. The van der Waals surface area contributed by atoms with Gasteiger partial charge in [0, 0.05) is 16.7 Å². The summed E-state index contributed by atoms with van der Waals surface area (Å²) in [5, 5.41) is 4.92. The molecule has 2 aromatic carbocycles. The van der Waals surface area contributed by atoms with E-state index in [1.165, 1.54) is 18.2 Å². The highest BCUT2D eigenvalue weighted by molar-refractivity contribution is 5.86. The topological polar surface area (TPSA) is 57.3 Å². The highest BCUT2D eigenvalue weighted by Crippen LogP contribution is 2.32. The van der Waals surface area contributed by atoms with E-state index < -0.39 is 5.97 Å². The molecule has 0 radical (unpaired) electrons. The van der Waals surface area contributed by atoms with Gasteiger partial charge in [0.25, 0.3) is 0 Å². The van der Waals surface area contributed by atoms with E-state index in [0.29, 0.717) is 12.3 Å². The van der Waals surface area contributed by atoms with Crippen molar-refractivity contribution in [1.29, 1.82) is 0 Å². The second-order valence-electron chi connectivity index (χ2n) is 7.47. The molecule has 152 valence electrons. The number of ether oxygens (including phenoxy) is 1. The minimum atomic E-state index is -0.489. The number of hydrogen-bond acceptors (Lipinski definition) is 4. The Morgan fingerprint density at radius 2 is 1.50 bits per heavy atom. The molecule has 0 spiro atoms. The average Bonchev–Trinajstić information content (AvgIpc) is 3.34. The Morgan fingerprint density at radius 3 is 2.10 bits per heavy atom. The van der Waals surface area contributed by atoms with E-state index in [1.807, 2.05) is 4.68 Å². The first-order chi connectivity index (χ1) is 14.5. The fourth-order valence-electron chi connectivity index (χ4n) is 3.55. The van der Waals surface area contributed by atoms with Crippen molar-refractivity contribution in [3.63, 3.8) is 0 Å². The van der Waals surface area contributed by atoms with Gasteiger partial charge in [0.15, 0.2) is 0 Å². The maximum Gasteiger partial charge on any atom is 0.373 e. The summed E-state index contributed by atoms with van der Waals surface area (Å²) in [5.74, 6) is 0.339. The van der Waals surface area contributed by atoms with Crippen molar-refractivity contribution in [1.82, 2.24) is 9.78 Å². The van der Waals surface area contributed by atoms with Gasteiger partial charge in [-0.2, -0.15) is 5.10 Å². The van der Waals surface area contributed by atoms with Gasteiger partial charge in [0.1, 0.15) is 5.76 Å². The lowest BCUT2D eigenvalue weighted by atomic mass is 10.0. The Labute approximate surface area is 175 Å². The summed E-state index contributed by atoms with van der Waals surface area (Å²) < 4.78 is 12.4. The van der Waals surface area contributed by atoms with E-state index >= 15 is 0 Å². The van der Waals surface area contributed by atoms with Crippen LogP contribution in [0.3, 0.4) is 0 Å². The number of nitrogens with zero attached hydrogens (tertiary/aromatic N) is 2. The summed E-state index contributed by atoms with van der Waals surface area (Å²) in [6.07, 6.45) is 0. The number of furan rings is 1. The summed E-state index contributed by atoms with van der Waals surface area (Å²) in [4.78, 5) is 11.7. The largest absolute Gasteiger partial charge is 0.463 e. The van der Waals surface area contributed by atoms with Crippen molar-refractivity contribution >= 4 is 5.97 Å². The van der Waals surface area contributed by atoms with E-state index in [4.69, 9.17) is 14.3 Å². The van der Waals surface area contributed by atoms with Gasteiger partial charge >= 0.3 is 5.97 Å². The molecule has 2 aromatic heterocycles. The molecule has 0 unspecified atom stereocenters. The molecule has 0 aliphatic rings. The Morgan fingerprint density at radius 1 is 0.900 bits per heavy atom. The van der Waals surface area contributed by atoms with Gasteiger partial charge in [-0.15, -0.1) is 0 Å². The first-order valence-electron chi connectivity index (χ1n) is 9.85. The van der Waals surface area contributed by atoms with Crippen LogP contribution in [0.4, 0.5) is 0 Å². The zero-order chi connectivity index (χ0) is 21.3.